The minimum Gasteiger partial charge on any atom is -0.383 e. The van der Waals surface area contributed by atoms with Crippen LogP contribution in [0.2, 0.25) is 0 Å². The third kappa shape index (κ3) is 5.25. The molecular weight excluding hydrogens is 420 g/mol. The Balaban J connectivity index is 1.42. The van der Waals surface area contributed by atoms with E-state index in [1.165, 1.54) is 24.9 Å². The number of hydrogen-bond acceptors (Lipinski definition) is 4. The third-order valence-electron chi connectivity index (χ3n) is 7.06. The Morgan fingerprint density at radius 3 is 2.22 bits per heavy atom. The molecule has 2 fully saturated rings. The van der Waals surface area contributed by atoms with E-state index in [2.05, 4.69) is 36.1 Å². The Hall–Kier alpha value is -1.73. The van der Waals surface area contributed by atoms with E-state index < -0.39 is 10.0 Å². The van der Waals surface area contributed by atoms with E-state index in [0.717, 1.165) is 43.4 Å². The first-order chi connectivity index (χ1) is 15.5. The van der Waals surface area contributed by atoms with Gasteiger partial charge in [-0.15, -0.1) is 0 Å². The van der Waals surface area contributed by atoms with Gasteiger partial charge < -0.3 is 9.64 Å². The highest BCUT2D eigenvalue weighted by Crippen LogP contribution is 2.28. The van der Waals surface area contributed by atoms with Crippen molar-refractivity contribution in [3.8, 4) is 11.1 Å². The lowest BCUT2D eigenvalue weighted by molar-refractivity contribution is 0.112. The lowest BCUT2D eigenvalue weighted by Gasteiger charge is -2.34. The summed E-state index contributed by atoms with van der Waals surface area (Å²) in [6.45, 7) is 5.67. The van der Waals surface area contributed by atoms with Crippen molar-refractivity contribution in [1.82, 2.24) is 9.21 Å². The van der Waals surface area contributed by atoms with Crippen LogP contribution < -0.4 is 0 Å². The van der Waals surface area contributed by atoms with Gasteiger partial charge in [-0.2, -0.15) is 4.31 Å². The fourth-order valence-corrected chi connectivity index (χ4v) is 6.74. The highest BCUT2D eigenvalue weighted by Gasteiger charge is 2.33. The van der Waals surface area contributed by atoms with Crippen molar-refractivity contribution in [3.05, 3.63) is 54.1 Å². The minimum atomic E-state index is -3.51. The molecule has 0 saturated carbocycles. The van der Waals surface area contributed by atoms with Gasteiger partial charge in [0.05, 0.1) is 11.5 Å². The monoisotopic (exact) mass is 456 g/mol. The van der Waals surface area contributed by atoms with Crippen LogP contribution in [-0.4, -0.2) is 63.1 Å². The molecule has 0 spiro atoms. The second kappa shape index (κ2) is 10.5. The second-order valence-electron chi connectivity index (χ2n) is 9.22. The predicted molar refractivity (Wildman–Crippen MR) is 129 cm³/mol. The topological polar surface area (TPSA) is 49.9 Å². The molecule has 0 amide bonds. The molecule has 2 atom stereocenters. The van der Waals surface area contributed by atoms with Gasteiger partial charge in [-0.1, -0.05) is 42.8 Å². The van der Waals surface area contributed by atoms with Gasteiger partial charge in [0.1, 0.15) is 0 Å². The molecule has 2 aromatic carbocycles. The summed E-state index contributed by atoms with van der Waals surface area (Å²) in [5.41, 5.74) is 3.50. The maximum Gasteiger partial charge on any atom is 0.243 e. The van der Waals surface area contributed by atoms with Crippen LogP contribution in [0.25, 0.3) is 11.1 Å². The minimum absolute atomic E-state index is 0.0745. The van der Waals surface area contributed by atoms with E-state index in [9.17, 15) is 8.42 Å². The number of methoxy groups -OCH3 is 1. The SMILES string of the molecule is COC[C@H]1CCCCN1S(=O)(=O)c1ccc(-c2ccc(CCN3CCC[C@H]3C)cc2)cc1. The highest BCUT2D eigenvalue weighted by atomic mass is 32.2. The van der Waals surface area contributed by atoms with Gasteiger partial charge in [-0.05, 0) is 74.4 Å². The van der Waals surface area contributed by atoms with Crippen LogP contribution in [0.5, 0.6) is 0 Å². The summed E-state index contributed by atoms with van der Waals surface area (Å²) in [6.07, 6.45) is 6.51. The fourth-order valence-electron chi connectivity index (χ4n) is 5.07. The first-order valence-corrected chi connectivity index (χ1v) is 13.4. The quantitative estimate of drug-likeness (QED) is 0.584. The molecule has 174 valence electrons. The van der Waals surface area contributed by atoms with Crippen molar-refractivity contribution in [1.29, 1.82) is 0 Å². The van der Waals surface area contributed by atoms with Gasteiger partial charge in [0, 0.05) is 32.3 Å². The maximum atomic E-state index is 13.2. The van der Waals surface area contributed by atoms with Gasteiger partial charge in [0.15, 0.2) is 0 Å². The molecule has 0 aliphatic carbocycles. The maximum absolute atomic E-state index is 13.2. The number of nitrogens with zero attached hydrogens (tertiary/aromatic N) is 2. The molecule has 2 aromatic rings. The van der Waals surface area contributed by atoms with Crippen molar-refractivity contribution < 1.29 is 13.2 Å². The molecule has 0 N–H and O–H groups in total. The van der Waals surface area contributed by atoms with Crippen LogP contribution in [0.3, 0.4) is 0 Å². The third-order valence-corrected chi connectivity index (χ3v) is 9.02. The summed E-state index contributed by atoms with van der Waals surface area (Å²) >= 11 is 0. The van der Waals surface area contributed by atoms with Crippen LogP contribution in [-0.2, 0) is 21.2 Å². The molecule has 2 saturated heterocycles. The zero-order valence-corrected chi connectivity index (χ0v) is 20.2. The standard InChI is InChI=1S/C26H36N2O3S/c1-21-6-5-17-27(21)19-16-22-8-10-23(11-9-22)24-12-14-26(15-13-24)32(29,30)28-18-4-3-7-25(28)20-31-2/h8-15,21,25H,3-7,16-20H2,1-2H3/t21-,25-/m1/s1. The zero-order valence-electron chi connectivity index (χ0n) is 19.4. The Bertz CT molecular complexity index is 971. The lowest BCUT2D eigenvalue weighted by atomic mass is 10.0. The van der Waals surface area contributed by atoms with Crippen molar-refractivity contribution in [2.75, 3.05) is 33.4 Å². The molecule has 32 heavy (non-hydrogen) atoms. The molecule has 0 unspecified atom stereocenters. The first kappa shape index (κ1) is 23.4. The van der Waals surface area contributed by atoms with Gasteiger partial charge in [0.2, 0.25) is 10.0 Å². The fraction of sp³-hybridized carbons (Fsp3) is 0.538. The number of sulfonamides is 1. The number of likely N-dealkylation sites (tertiary alicyclic amines) is 1. The number of ether oxygens (including phenoxy) is 1. The summed E-state index contributed by atoms with van der Waals surface area (Å²) in [5, 5.41) is 0. The Morgan fingerprint density at radius 2 is 1.59 bits per heavy atom. The predicted octanol–water partition coefficient (Wildman–Crippen LogP) is 4.57. The van der Waals surface area contributed by atoms with E-state index in [1.54, 1.807) is 23.5 Å². The van der Waals surface area contributed by atoms with E-state index in [4.69, 9.17) is 4.74 Å². The van der Waals surface area contributed by atoms with Gasteiger partial charge in [0.25, 0.3) is 0 Å². The number of hydrogen-bond donors (Lipinski definition) is 0. The smallest absolute Gasteiger partial charge is 0.243 e. The Kier molecular flexibility index (Phi) is 7.66. The van der Waals surface area contributed by atoms with Crippen molar-refractivity contribution >= 4 is 10.0 Å². The molecule has 6 heteroatoms. The summed E-state index contributed by atoms with van der Waals surface area (Å²) in [7, 11) is -1.88. The van der Waals surface area contributed by atoms with Crippen molar-refractivity contribution in [3.63, 3.8) is 0 Å². The normalized spacial score (nSPS) is 22.9. The van der Waals surface area contributed by atoms with Gasteiger partial charge in [-0.3, -0.25) is 0 Å². The average Bonchev–Trinajstić information content (AvgIpc) is 3.23. The molecule has 2 aliphatic heterocycles. The Morgan fingerprint density at radius 1 is 0.906 bits per heavy atom. The molecular formula is C26H36N2O3S. The second-order valence-corrected chi connectivity index (χ2v) is 11.1. The summed E-state index contributed by atoms with van der Waals surface area (Å²) in [5.74, 6) is 0. The van der Waals surface area contributed by atoms with E-state index in [0.29, 0.717) is 24.1 Å². The largest absolute Gasteiger partial charge is 0.383 e. The summed E-state index contributed by atoms with van der Waals surface area (Å²) in [6, 6.07) is 16.6. The first-order valence-electron chi connectivity index (χ1n) is 11.9. The lowest BCUT2D eigenvalue weighted by Crippen LogP contribution is -2.45. The van der Waals surface area contributed by atoms with E-state index >= 15 is 0 Å². The molecule has 0 aromatic heterocycles. The number of benzene rings is 2. The zero-order chi connectivity index (χ0) is 22.6. The van der Waals surface area contributed by atoms with Crippen LogP contribution in [0, 0.1) is 0 Å². The molecule has 4 rings (SSSR count). The van der Waals surface area contributed by atoms with Gasteiger partial charge in [-0.25, -0.2) is 8.42 Å². The molecule has 0 radical (unpaired) electrons. The highest BCUT2D eigenvalue weighted by molar-refractivity contribution is 7.89. The van der Waals surface area contributed by atoms with E-state index in [-0.39, 0.29) is 6.04 Å². The van der Waals surface area contributed by atoms with Crippen molar-refractivity contribution in [2.45, 2.75) is 62.4 Å². The van der Waals surface area contributed by atoms with Crippen LogP contribution >= 0.6 is 0 Å². The average molecular weight is 457 g/mol. The van der Waals surface area contributed by atoms with Crippen molar-refractivity contribution in [2.24, 2.45) is 0 Å². The Labute approximate surface area is 193 Å². The number of rotatable bonds is 8. The van der Waals surface area contributed by atoms with Crippen LogP contribution in [0.15, 0.2) is 53.4 Å². The summed E-state index contributed by atoms with van der Waals surface area (Å²) < 4.78 is 33.4. The van der Waals surface area contributed by atoms with E-state index in [1.807, 2.05) is 12.1 Å². The molecule has 2 aliphatic rings. The number of piperidine rings is 1. The molecule has 0 bridgehead atoms. The molecule has 5 nitrogen and oxygen atoms in total. The van der Waals surface area contributed by atoms with Crippen LogP contribution in [0.4, 0.5) is 0 Å². The van der Waals surface area contributed by atoms with Crippen LogP contribution in [0.1, 0.15) is 44.6 Å². The molecule has 2 heterocycles. The van der Waals surface area contributed by atoms with Gasteiger partial charge >= 0.3 is 0 Å². The summed E-state index contributed by atoms with van der Waals surface area (Å²) in [4.78, 5) is 2.94.